The Balaban J connectivity index is 2.10. The van der Waals surface area contributed by atoms with Gasteiger partial charge in [-0.05, 0) is 53.7 Å². The van der Waals surface area contributed by atoms with Gasteiger partial charge in [-0.3, -0.25) is 0 Å². The molecule has 2 rings (SSSR count). The van der Waals surface area contributed by atoms with Crippen LogP contribution in [0.5, 0.6) is 0 Å². The predicted octanol–water partition coefficient (Wildman–Crippen LogP) is 2.95. The minimum absolute atomic E-state index is 0.0383. The molecule has 0 fully saturated rings. The molecule has 0 spiro atoms. The monoisotopic (exact) mass is 362 g/mol. The average Bonchev–Trinajstić information content (AvgIpc) is 2.86. The molecule has 0 heterocycles. The van der Waals surface area contributed by atoms with Gasteiger partial charge in [-0.15, -0.1) is 0 Å². The Labute approximate surface area is 126 Å². The van der Waals surface area contributed by atoms with E-state index >= 15 is 0 Å². The van der Waals surface area contributed by atoms with Crippen LogP contribution in [0.1, 0.15) is 25.7 Å². The number of sulfonamides is 1. The largest absolute Gasteiger partial charge is 0.399 e. The quantitative estimate of drug-likeness (QED) is 0.624. The van der Waals surface area contributed by atoms with Crippen LogP contribution in [-0.4, -0.2) is 15.0 Å². The van der Waals surface area contributed by atoms with Gasteiger partial charge in [0.05, 0.1) is 4.47 Å². The zero-order chi connectivity index (χ0) is 14.8. The molecule has 1 aliphatic carbocycles. The molecule has 4 nitrogen and oxygen atoms in total. The lowest BCUT2D eigenvalue weighted by molar-refractivity contribution is 0.554. The third-order valence-corrected chi connectivity index (χ3v) is 5.22. The van der Waals surface area contributed by atoms with Gasteiger partial charge in [0.2, 0.25) is 10.0 Å². The molecule has 3 N–H and O–H groups in total. The van der Waals surface area contributed by atoms with Crippen LogP contribution in [0.2, 0.25) is 0 Å². The highest BCUT2D eigenvalue weighted by atomic mass is 79.9. The van der Waals surface area contributed by atoms with E-state index in [1.54, 1.807) is 0 Å². The number of nitrogens with one attached hydrogen (secondary N) is 1. The van der Waals surface area contributed by atoms with Crippen LogP contribution in [0.25, 0.3) is 0 Å². The number of nitrogens with two attached hydrogens (primary N) is 1. The molecule has 110 valence electrons. The van der Waals surface area contributed by atoms with Crippen molar-refractivity contribution in [2.24, 2.45) is 0 Å². The molecule has 0 aromatic heterocycles. The first-order valence-corrected chi connectivity index (χ1v) is 8.60. The number of hydrogen-bond donors (Lipinski definition) is 2. The van der Waals surface area contributed by atoms with Gasteiger partial charge in [0, 0.05) is 12.2 Å². The molecule has 1 aliphatic rings. The zero-order valence-corrected chi connectivity index (χ0v) is 13.2. The Hall–Kier alpha value is -0.920. The van der Waals surface area contributed by atoms with Crippen molar-refractivity contribution < 1.29 is 12.8 Å². The summed E-state index contributed by atoms with van der Waals surface area (Å²) in [6.07, 6.45) is 5.98. The Morgan fingerprint density at radius 1 is 1.40 bits per heavy atom. The molecule has 0 saturated heterocycles. The Morgan fingerprint density at radius 3 is 2.80 bits per heavy atom. The Bertz CT molecular complexity index is 644. The highest BCUT2D eigenvalue weighted by Gasteiger charge is 2.21. The van der Waals surface area contributed by atoms with E-state index in [2.05, 4.69) is 26.7 Å². The SMILES string of the molecule is Nc1cc(Br)c(F)c(S(=O)(=O)NCCC2=CCCC2)c1. The van der Waals surface area contributed by atoms with Crippen LogP contribution in [0.3, 0.4) is 0 Å². The van der Waals surface area contributed by atoms with E-state index in [9.17, 15) is 12.8 Å². The molecule has 1 aromatic carbocycles. The number of benzene rings is 1. The van der Waals surface area contributed by atoms with Crippen LogP contribution in [0, 0.1) is 5.82 Å². The number of halogens is 2. The van der Waals surface area contributed by atoms with Crippen molar-refractivity contribution in [2.75, 3.05) is 12.3 Å². The minimum Gasteiger partial charge on any atom is -0.399 e. The number of anilines is 1. The Kier molecular flexibility index (Phi) is 4.82. The summed E-state index contributed by atoms with van der Waals surface area (Å²) in [7, 11) is -3.89. The second kappa shape index (κ2) is 6.24. The van der Waals surface area contributed by atoms with E-state index < -0.39 is 20.7 Å². The molecular formula is C13H16BrFN2O2S. The predicted molar refractivity (Wildman–Crippen MR) is 80.3 cm³/mol. The van der Waals surface area contributed by atoms with Crippen LogP contribution < -0.4 is 10.5 Å². The van der Waals surface area contributed by atoms with Crippen LogP contribution in [0.4, 0.5) is 10.1 Å². The molecule has 0 atom stereocenters. The number of allylic oxidation sites excluding steroid dienone is 1. The third kappa shape index (κ3) is 3.59. The van der Waals surface area contributed by atoms with E-state index in [0.717, 1.165) is 25.3 Å². The summed E-state index contributed by atoms with van der Waals surface area (Å²) >= 11 is 2.96. The number of hydrogen-bond acceptors (Lipinski definition) is 3. The van der Waals surface area contributed by atoms with E-state index in [-0.39, 0.29) is 16.7 Å². The van der Waals surface area contributed by atoms with Gasteiger partial charge in [-0.1, -0.05) is 11.6 Å². The molecule has 0 saturated carbocycles. The minimum atomic E-state index is -3.89. The maximum Gasteiger partial charge on any atom is 0.243 e. The third-order valence-electron chi connectivity index (χ3n) is 3.18. The average molecular weight is 363 g/mol. The second-order valence-corrected chi connectivity index (χ2v) is 7.31. The van der Waals surface area contributed by atoms with Crippen molar-refractivity contribution in [2.45, 2.75) is 30.6 Å². The molecule has 7 heteroatoms. The maximum absolute atomic E-state index is 13.9. The van der Waals surface area contributed by atoms with Crippen LogP contribution in [-0.2, 0) is 10.0 Å². The molecule has 0 aliphatic heterocycles. The smallest absolute Gasteiger partial charge is 0.243 e. The van der Waals surface area contributed by atoms with E-state index in [1.165, 1.54) is 11.6 Å². The van der Waals surface area contributed by atoms with Crippen LogP contribution in [0.15, 0.2) is 33.2 Å². The lowest BCUT2D eigenvalue weighted by atomic mass is 10.2. The molecule has 0 bridgehead atoms. The van der Waals surface area contributed by atoms with Gasteiger partial charge >= 0.3 is 0 Å². The molecular weight excluding hydrogens is 347 g/mol. The van der Waals surface area contributed by atoms with E-state index in [1.807, 2.05) is 0 Å². The lowest BCUT2D eigenvalue weighted by Crippen LogP contribution is -2.26. The summed E-state index contributed by atoms with van der Waals surface area (Å²) < 4.78 is 40.5. The van der Waals surface area contributed by atoms with Gasteiger partial charge < -0.3 is 5.73 Å². The number of nitrogen functional groups attached to an aromatic ring is 1. The maximum atomic E-state index is 13.9. The van der Waals surface area contributed by atoms with Crippen molar-refractivity contribution in [3.63, 3.8) is 0 Å². The fourth-order valence-electron chi connectivity index (χ4n) is 2.17. The highest BCUT2D eigenvalue weighted by molar-refractivity contribution is 9.10. The Morgan fingerprint density at radius 2 is 2.15 bits per heavy atom. The molecule has 0 amide bonds. The lowest BCUT2D eigenvalue weighted by Gasteiger charge is -2.10. The standard InChI is InChI=1S/C13H16BrFN2O2S/c14-11-7-10(16)8-12(13(11)15)20(18,19)17-6-5-9-3-1-2-4-9/h3,7-8,17H,1-2,4-6,16H2. The molecule has 20 heavy (non-hydrogen) atoms. The summed E-state index contributed by atoms with van der Waals surface area (Å²) in [5, 5.41) is 0. The highest BCUT2D eigenvalue weighted by Crippen LogP contribution is 2.26. The van der Waals surface area contributed by atoms with Crippen molar-refractivity contribution in [1.29, 1.82) is 0 Å². The second-order valence-electron chi connectivity index (χ2n) is 4.72. The first-order valence-electron chi connectivity index (χ1n) is 6.32. The zero-order valence-electron chi connectivity index (χ0n) is 10.8. The molecule has 1 aromatic rings. The summed E-state index contributed by atoms with van der Waals surface area (Å²) in [5.41, 5.74) is 7.00. The van der Waals surface area contributed by atoms with Gasteiger partial charge in [-0.2, -0.15) is 0 Å². The van der Waals surface area contributed by atoms with Crippen molar-refractivity contribution in [3.8, 4) is 0 Å². The first-order chi connectivity index (χ1) is 9.40. The van der Waals surface area contributed by atoms with Gasteiger partial charge in [-0.25, -0.2) is 17.5 Å². The normalized spacial score (nSPS) is 15.4. The fraction of sp³-hybridized carbons (Fsp3) is 0.385. The summed E-state index contributed by atoms with van der Waals surface area (Å²) in [6, 6.07) is 2.45. The summed E-state index contributed by atoms with van der Waals surface area (Å²) in [4.78, 5) is -0.426. The summed E-state index contributed by atoms with van der Waals surface area (Å²) in [5.74, 6) is -0.827. The van der Waals surface area contributed by atoms with Crippen LogP contribution >= 0.6 is 15.9 Å². The van der Waals surface area contributed by atoms with Crippen molar-refractivity contribution in [3.05, 3.63) is 34.1 Å². The molecule has 0 unspecified atom stereocenters. The topological polar surface area (TPSA) is 72.2 Å². The molecule has 0 radical (unpaired) electrons. The van der Waals surface area contributed by atoms with E-state index in [0.29, 0.717) is 6.42 Å². The van der Waals surface area contributed by atoms with Crippen molar-refractivity contribution >= 4 is 31.6 Å². The fourth-order valence-corrected chi connectivity index (χ4v) is 3.94. The summed E-state index contributed by atoms with van der Waals surface area (Å²) in [6.45, 7) is 0.264. The first kappa shape index (κ1) is 15.5. The van der Waals surface area contributed by atoms with E-state index in [4.69, 9.17) is 5.73 Å². The van der Waals surface area contributed by atoms with Gasteiger partial charge in [0.1, 0.15) is 4.90 Å². The number of rotatable bonds is 5. The van der Waals surface area contributed by atoms with Crippen molar-refractivity contribution in [1.82, 2.24) is 4.72 Å². The van der Waals surface area contributed by atoms with Gasteiger partial charge in [0.25, 0.3) is 0 Å². The van der Waals surface area contributed by atoms with Gasteiger partial charge in [0.15, 0.2) is 5.82 Å².